The van der Waals surface area contributed by atoms with E-state index in [1.165, 1.54) is 0 Å². The van der Waals surface area contributed by atoms with Crippen LogP contribution in [0.1, 0.15) is 0 Å². The van der Waals surface area contributed by atoms with Gasteiger partial charge in [0.1, 0.15) is 11.3 Å². The number of carbonyl (C=O) groups is 1. The second kappa shape index (κ2) is 5.50. The van der Waals surface area contributed by atoms with Crippen LogP contribution in [0, 0.1) is 0 Å². The predicted molar refractivity (Wildman–Crippen MR) is 75.6 cm³/mol. The highest BCUT2D eigenvalue weighted by atomic mass is 16.7. The smallest absolute Gasteiger partial charge is 0.422 e. The molecule has 3 aromatic rings. The maximum atomic E-state index is 11.8. The quantitative estimate of drug-likeness (QED) is 0.409. The van der Waals surface area contributed by atoms with Crippen LogP contribution in [0.5, 0.6) is 11.5 Å². The summed E-state index contributed by atoms with van der Waals surface area (Å²) in [7, 11) is 0. The van der Waals surface area contributed by atoms with Gasteiger partial charge >= 0.3 is 11.8 Å². The van der Waals surface area contributed by atoms with Gasteiger partial charge in [-0.1, -0.05) is 30.3 Å². The molecule has 3 rings (SSSR count). The van der Waals surface area contributed by atoms with Crippen LogP contribution in [0.3, 0.4) is 0 Å². The zero-order valence-corrected chi connectivity index (χ0v) is 10.8. The Bertz CT molecular complexity index is 836. The van der Waals surface area contributed by atoms with E-state index in [2.05, 4.69) is 0 Å². The predicted octanol–water partition coefficient (Wildman–Crippen LogP) is 3.37. The van der Waals surface area contributed by atoms with Gasteiger partial charge in [-0.25, -0.2) is 9.59 Å². The topological polar surface area (TPSA) is 65.7 Å². The number of para-hydroxylation sites is 2. The number of rotatable bonds is 2. The molecule has 0 radical (unpaired) electrons. The van der Waals surface area contributed by atoms with Gasteiger partial charge in [0, 0.05) is 0 Å². The van der Waals surface area contributed by atoms with Crippen molar-refractivity contribution in [2.45, 2.75) is 0 Å². The molecule has 1 heterocycles. The molecule has 0 atom stereocenters. The minimum Gasteiger partial charge on any atom is -0.422 e. The second-order valence-corrected chi connectivity index (χ2v) is 4.19. The molecule has 0 aliphatic carbocycles. The van der Waals surface area contributed by atoms with Gasteiger partial charge in [-0.15, -0.1) is 0 Å². The minimum atomic E-state index is -0.919. The highest BCUT2D eigenvalue weighted by molar-refractivity contribution is 5.85. The Balaban J connectivity index is 1.88. The largest absolute Gasteiger partial charge is 0.519 e. The van der Waals surface area contributed by atoms with Crippen LogP contribution < -0.4 is 15.1 Å². The lowest BCUT2D eigenvalue weighted by Gasteiger charge is -2.07. The molecular weight excluding hydrogens is 272 g/mol. The highest BCUT2D eigenvalue weighted by Crippen LogP contribution is 2.23. The maximum absolute atomic E-state index is 11.8. The van der Waals surface area contributed by atoms with Gasteiger partial charge in [-0.3, -0.25) is 0 Å². The number of ether oxygens (including phenoxy) is 2. The fourth-order valence-electron chi connectivity index (χ4n) is 1.86. The molecular formula is C16H10O5. The van der Waals surface area contributed by atoms with Crippen LogP contribution in [0.25, 0.3) is 11.0 Å². The molecule has 1 aromatic heterocycles. The number of carbonyl (C=O) groups excluding carboxylic acids is 1. The fourth-order valence-corrected chi connectivity index (χ4v) is 1.86. The SMILES string of the molecule is O=C(Oc1ccccc1)Oc1cc(=O)oc2ccccc12. The number of hydrogen-bond acceptors (Lipinski definition) is 5. The van der Waals surface area contributed by atoms with Crippen molar-refractivity contribution < 1.29 is 18.7 Å². The lowest BCUT2D eigenvalue weighted by molar-refractivity contribution is 0.152. The third-order valence-electron chi connectivity index (χ3n) is 2.75. The number of fused-ring (bicyclic) bond motifs is 1. The first kappa shape index (κ1) is 12.9. The molecule has 0 N–H and O–H groups in total. The maximum Gasteiger partial charge on any atom is 0.519 e. The van der Waals surface area contributed by atoms with Crippen molar-refractivity contribution in [3.8, 4) is 11.5 Å². The Morgan fingerprint density at radius 3 is 2.43 bits per heavy atom. The van der Waals surface area contributed by atoms with E-state index in [-0.39, 0.29) is 5.75 Å². The van der Waals surface area contributed by atoms with Crippen molar-refractivity contribution in [3.63, 3.8) is 0 Å². The van der Waals surface area contributed by atoms with Gasteiger partial charge in [0.2, 0.25) is 0 Å². The first-order valence-electron chi connectivity index (χ1n) is 6.20. The zero-order chi connectivity index (χ0) is 14.7. The molecule has 0 aliphatic heterocycles. The van der Waals surface area contributed by atoms with Crippen LogP contribution in [-0.2, 0) is 0 Å². The fraction of sp³-hybridized carbons (Fsp3) is 0. The molecule has 21 heavy (non-hydrogen) atoms. The molecule has 5 heteroatoms. The van der Waals surface area contributed by atoms with Crippen molar-refractivity contribution in [1.82, 2.24) is 0 Å². The Labute approximate surface area is 119 Å². The summed E-state index contributed by atoms with van der Waals surface area (Å²) in [6.45, 7) is 0. The Morgan fingerprint density at radius 1 is 0.905 bits per heavy atom. The van der Waals surface area contributed by atoms with E-state index in [9.17, 15) is 9.59 Å². The summed E-state index contributed by atoms with van der Waals surface area (Å²) >= 11 is 0. The van der Waals surface area contributed by atoms with Gasteiger partial charge in [-0.2, -0.15) is 0 Å². The standard InChI is InChI=1S/C16H10O5/c17-15-10-14(12-8-4-5-9-13(12)20-15)21-16(18)19-11-6-2-1-3-7-11/h1-10H. The lowest BCUT2D eigenvalue weighted by Crippen LogP contribution is -2.15. The highest BCUT2D eigenvalue weighted by Gasteiger charge is 2.12. The van der Waals surface area contributed by atoms with Crippen LogP contribution in [0.15, 0.2) is 69.9 Å². The van der Waals surface area contributed by atoms with Gasteiger partial charge in [0.15, 0.2) is 5.75 Å². The molecule has 0 saturated heterocycles. The summed E-state index contributed by atoms with van der Waals surface area (Å²) in [6, 6.07) is 16.4. The lowest BCUT2D eigenvalue weighted by atomic mass is 10.2. The molecule has 0 aliphatic rings. The third kappa shape index (κ3) is 2.92. The molecule has 0 bridgehead atoms. The first-order chi connectivity index (χ1) is 10.2. The van der Waals surface area contributed by atoms with Gasteiger partial charge in [-0.05, 0) is 24.3 Å². The van der Waals surface area contributed by atoms with Crippen molar-refractivity contribution in [3.05, 3.63) is 71.1 Å². The van der Waals surface area contributed by atoms with Gasteiger partial charge in [0.25, 0.3) is 0 Å². The number of hydrogen-bond donors (Lipinski definition) is 0. The third-order valence-corrected chi connectivity index (χ3v) is 2.75. The molecule has 0 amide bonds. The molecule has 0 fully saturated rings. The summed E-state index contributed by atoms with van der Waals surface area (Å²) in [5, 5.41) is 0.516. The number of benzene rings is 2. The monoisotopic (exact) mass is 282 g/mol. The molecule has 0 unspecified atom stereocenters. The van der Waals surface area contributed by atoms with Crippen LogP contribution in [-0.4, -0.2) is 6.16 Å². The van der Waals surface area contributed by atoms with Crippen LogP contribution in [0.2, 0.25) is 0 Å². The van der Waals surface area contributed by atoms with E-state index in [1.807, 2.05) is 0 Å². The first-order valence-corrected chi connectivity index (χ1v) is 6.20. The Morgan fingerprint density at radius 2 is 1.62 bits per heavy atom. The molecule has 2 aromatic carbocycles. The van der Waals surface area contributed by atoms with Gasteiger partial charge < -0.3 is 13.9 Å². The Hall–Kier alpha value is -3.08. The van der Waals surface area contributed by atoms with Crippen LogP contribution >= 0.6 is 0 Å². The van der Waals surface area contributed by atoms with Crippen molar-refractivity contribution in [2.75, 3.05) is 0 Å². The molecule has 5 nitrogen and oxygen atoms in total. The summed E-state index contributed by atoms with van der Waals surface area (Å²) in [5.41, 5.74) is -0.260. The zero-order valence-electron chi connectivity index (χ0n) is 10.8. The average molecular weight is 282 g/mol. The van der Waals surface area contributed by atoms with Crippen LogP contribution in [0.4, 0.5) is 4.79 Å². The van der Waals surface area contributed by atoms with Crippen molar-refractivity contribution in [1.29, 1.82) is 0 Å². The normalized spacial score (nSPS) is 10.3. The summed E-state index contributed by atoms with van der Waals surface area (Å²) in [6.07, 6.45) is -0.919. The summed E-state index contributed by atoms with van der Waals surface area (Å²) in [4.78, 5) is 23.2. The summed E-state index contributed by atoms with van der Waals surface area (Å²) in [5.74, 6) is 0.456. The minimum absolute atomic E-state index is 0.0998. The Kier molecular flexibility index (Phi) is 3.39. The molecule has 0 spiro atoms. The van der Waals surface area contributed by atoms with Crippen molar-refractivity contribution >= 4 is 17.1 Å². The summed E-state index contributed by atoms with van der Waals surface area (Å²) < 4.78 is 15.1. The molecule has 104 valence electrons. The van der Waals surface area contributed by atoms with Gasteiger partial charge in [0.05, 0.1) is 11.5 Å². The van der Waals surface area contributed by atoms with E-state index in [4.69, 9.17) is 13.9 Å². The van der Waals surface area contributed by atoms with E-state index in [0.29, 0.717) is 16.7 Å². The van der Waals surface area contributed by atoms with Crippen molar-refractivity contribution in [2.24, 2.45) is 0 Å². The van der Waals surface area contributed by atoms with E-state index in [1.54, 1.807) is 54.6 Å². The van der Waals surface area contributed by atoms with E-state index in [0.717, 1.165) is 6.07 Å². The van der Waals surface area contributed by atoms with E-state index < -0.39 is 11.8 Å². The average Bonchev–Trinajstić information content (AvgIpc) is 2.48. The van der Waals surface area contributed by atoms with E-state index >= 15 is 0 Å². The molecule has 0 saturated carbocycles. The second-order valence-electron chi connectivity index (χ2n) is 4.19.